The van der Waals surface area contributed by atoms with Crippen LogP contribution in [0.4, 0.5) is 0 Å². The summed E-state index contributed by atoms with van der Waals surface area (Å²) < 4.78 is 15.5. The second kappa shape index (κ2) is 17.5. The van der Waals surface area contributed by atoms with Gasteiger partial charge in [0.25, 0.3) is 0 Å². The summed E-state index contributed by atoms with van der Waals surface area (Å²) in [7, 11) is 1.29. The minimum atomic E-state index is -0.805. The average molecular weight is 677 g/mol. The van der Waals surface area contributed by atoms with Gasteiger partial charge >= 0.3 is 5.97 Å². The highest BCUT2D eigenvalue weighted by Crippen LogP contribution is 2.45. The number of aliphatic hydroxyl groups excluding tert-OH is 1. The number of rotatable bonds is 12. The smallest absolute Gasteiger partial charge is 0.330 e. The molecule has 0 saturated carbocycles. The normalized spacial score (nSPS) is 14.7. The van der Waals surface area contributed by atoms with Crippen LogP contribution in [-0.4, -0.2) is 62.3 Å². The minimum Gasteiger partial charge on any atom is -0.599 e. The summed E-state index contributed by atoms with van der Waals surface area (Å²) in [5.41, 5.74) is 9.37. The van der Waals surface area contributed by atoms with E-state index in [2.05, 4.69) is 58.5 Å². The predicted molar refractivity (Wildman–Crippen MR) is 191 cm³/mol. The zero-order valence-electron chi connectivity index (χ0n) is 28.8. The number of hydrogen-bond donors (Lipinski definition) is 1. The first kappa shape index (κ1) is 36.1. The quantitative estimate of drug-likeness (QED) is 0.118. The van der Waals surface area contributed by atoms with Crippen molar-refractivity contribution in [3.05, 3.63) is 119 Å². The summed E-state index contributed by atoms with van der Waals surface area (Å²) >= 11 is 0. The zero-order chi connectivity index (χ0) is 35.5. The zero-order valence-corrected chi connectivity index (χ0v) is 28.8. The molecular formula is C41H44N2O7-2. The highest BCUT2D eigenvalue weighted by molar-refractivity contribution is 5.81. The van der Waals surface area contributed by atoms with Crippen molar-refractivity contribution in [3.8, 4) is 22.3 Å². The Kier molecular flexibility index (Phi) is 12.6. The molecule has 0 unspecified atom stereocenters. The summed E-state index contributed by atoms with van der Waals surface area (Å²) in [6.07, 6.45) is 1.41. The first-order valence-electron chi connectivity index (χ1n) is 17.2. The fourth-order valence-corrected chi connectivity index (χ4v) is 6.71. The van der Waals surface area contributed by atoms with Crippen LogP contribution in [0.1, 0.15) is 73.6 Å². The van der Waals surface area contributed by atoms with Gasteiger partial charge in [-0.2, -0.15) is 0 Å². The number of carbonyl (C=O) groups is 1. The lowest BCUT2D eigenvalue weighted by Gasteiger charge is -2.22. The van der Waals surface area contributed by atoms with Crippen molar-refractivity contribution in [3.63, 3.8) is 0 Å². The molecule has 2 aliphatic rings. The molecule has 262 valence electrons. The number of nitrogens with zero attached hydrogens (tertiary/aromatic N) is 2. The molecule has 6 rings (SSSR count). The molecule has 0 fully saturated rings. The van der Waals surface area contributed by atoms with Crippen LogP contribution in [0.15, 0.2) is 107 Å². The molecule has 0 aromatic heterocycles. The van der Waals surface area contributed by atoms with E-state index in [0.29, 0.717) is 12.8 Å². The van der Waals surface area contributed by atoms with Gasteiger partial charge in [-0.25, -0.2) is 4.79 Å². The lowest BCUT2D eigenvalue weighted by molar-refractivity contribution is -0.252. The molecule has 4 aromatic rings. The van der Waals surface area contributed by atoms with Crippen LogP contribution >= 0.6 is 0 Å². The lowest BCUT2D eigenvalue weighted by Crippen LogP contribution is -2.29. The van der Waals surface area contributed by atoms with E-state index in [4.69, 9.17) is 14.2 Å². The van der Waals surface area contributed by atoms with Gasteiger partial charge in [0.1, 0.15) is 18.2 Å². The third-order valence-corrected chi connectivity index (χ3v) is 9.09. The first-order valence-corrected chi connectivity index (χ1v) is 17.2. The second-order valence-corrected chi connectivity index (χ2v) is 12.3. The molecule has 0 saturated heterocycles. The summed E-state index contributed by atoms with van der Waals surface area (Å²) in [6, 6.07) is 31.5. The van der Waals surface area contributed by atoms with E-state index in [1.54, 1.807) is 0 Å². The van der Waals surface area contributed by atoms with Crippen molar-refractivity contribution in [2.75, 3.05) is 26.9 Å². The minimum absolute atomic E-state index is 0.0238. The Morgan fingerprint density at radius 2 is 1.04 bits per heavy atom. The van der Waals surface area contributed by atoms with Crippen molar-refractivity contribution in [2.45, 2.75) is 63.5 Å². The van der Waals surface area contributed by atoms with Crippen molar-refractivity contribution in [2.24, 2.45) is 9.98 Å². The van der Waals surface area contributed by atoms with Gasteiger partial charge in [-0.15, -0.1) is 0 Å². The Labute approximate surface area is 293 Å². The van der Waals surface area contributed by atoms with Crippen molar-refractivity contribution in [1.29, 1.82) is 0 Å². The highest BCUT2D eigenvalue weighted by Gasteiger charge is 2.28. The Hall–Kier alpha value is -5.15. The molecule has 9 nitrogen and oxygen atoms in total. The van der Waals surface area contributed by atoms with Crippen LogP contribution in [-0.2, 0) is 19.0 Å². The van der Waals surface area contributed by atoms with Crippen molar-refractivity contribution < 1.29 is 34.3 Å². The fourth-order valence-electron chi connectivity index (χ4n) is 6.71. The highest BCUT2D eigenvalue weighted by atomic mass is 16.6. The molecule has 4 aromatic carbocycles. The number of fused-ring (bicyclic) bond motifs is 6. The lowest BCUT2D eigenvalue weighted by atomic mass is 9.98. The van der Waals surface area contributed by atoms with Gasteiger partial charge in [0.15, 0.2) is 0 Å². The Morgan fingerprint density at radius 3 is 1.40 bits per heavy atom. The van der Waals surface area contributed by atoms with E-state index in [0.717, 1.165) is 24.0 Å². The van der Waals surface area contributed by atoms with E-state index in [9.17, 15) is 20.1 Å². The Balaban J connectivity index is 0.000000195. The number of aliphatic imine (C=N–C) groups is 2. The third kappa shape index (κ3) is 8.34. The van der Waals surface area contributed by atoms with Crippen molar-refractivity contribution in [1.82, 2.24) is 0 Å². The first-order chi connectivity index (χ1) is 24.4. The number of benzene rings is 4. The molecule has 0 bridgehead atoms. The number of esters is 1. The van der Waals surface area contributed by atoms with Crippen LogP contribution in [0.25, 0.3) is 22.3 Å². The molecule has 0 spiro atoms. The van der Waals surface area contributed by atoms with Gasteiger partial charge in [0.2, 0.25) is 0 Å². The topological polar surface area (TPSA) is 136 Å². The molecule has 2 atom stereocenters. The maximum absolute atomic E-state index is 12.1. The van der Waals surface area contributed by atoms with E-state index in [-0.39, 0.29) is 37.7 Å². The molecule has 2 aliphatic carbocycles. The van der Waals surface area contributed by atoms with Gasteiger partial charge in [0.05, 0.1) is 19.8 Å². The maximum Gasteiger partial charge on any atom is 0.330 e. The summed E-state index contributed by atoms with van der Waals surface area (Å²) in [5, 5.41) is 33.3. The van der Waals surface area contributed by atoms with Crippen LogP contribution in [0.2, 0.25) is 0 Å². The van der Waals surface area contributed by atoms with E-state index in [1.165, 1.54) is 40.5 Å². The van der Waals surface area contributed by atoms with Gasteiger partial charge < -0.3 is 29.5 Å². The van der Waals surface area contributed by atoms with E-state index in [1.807, 2.05) is 62.4 Å². The largest absolute Gasteiger partial charge is 0.599 e. The van der Waals surface area contributed by atoms with E-state index < -0.39 is 24.2 Å². The van der Waals surface area contributed by atoms with Crippen molar-refractivity contribution >= 4 is 18.1 Å². The SMILES string of the molecule is CCC[C@@H](CO)N=C([O-])OCC1c2ccccc2-c2ccccc21.CCC[C@H](N=C([O-])OCC1c2ccccc2-c2ccccc21)C(=O)OC. The molecule has 50 heavy (non-hydrogen) atoms. The number of carbonyl (C=O) groups excluding carboxylic acids is 1. The van der Waals surface area contributed by atoms with Crippen LogP contribution in [0, 0.1) is 0 Å². The number of aliphatic hydroxyl groups is 1. The molecule has 0 amide bonds. The van der Waals surface area contributed by atoms with Gasteiger partial charge in [-0.1, -0.05) is 124 Å². The van der Waals surface area contributed by atoms with E-state index >= 15 is 0 Å². The molecule has 0 aliphatic heterocycles. The number of ether oxygens (including phenoxy) is 3. The van der Waals surface area contributed by atoms with Crippen LogP contribution in [0.5, 0.6) is 0 Å². The number of hydrogen-bond acceptors (Lipinski definition) is 9. The second-order valence-electron chi connectivity index (χ2n) is 12.3. The molecule has 0 heterocycles. The Morgan fingerprint density at radius 1 is 0.660 bits per heavy atom. The monoisotopic (exact) mass is 676 g/mol. The predicted octanol–water partition coefficient (Wildman–Crippen LogP) is 5.57. The maximum atomic E-state index is 12.1. The summed E-state index contributed by atoms with van der Waals surface area (Å²) in [6.45, 7) is 4.24. The van der Waals surface area contributed by atoms with Gasteiger partial charge in [-0.05, 0) is 57.3 Å². The summed E-state index contributed by atoms with van der Waals surface area (Å²) in [5.74, 6) is -0.500. The van der Waals surface area contributed by atoms with Crippen LogP contribution < -0.4 is 10.2 Å². The number of methoxy groups -OCH3 is 1. The standard InChI is InChI=1S/C21H23NO4.C20H23NO3/c1-3-8-19(20(23)25-2)22-21(24)26-13-18-16-11-6-4-9-14(16)15-10-5-7-12-17(15)18;1-2-7-14(12-22)21-20(23)24-13-19-17-10-5-3-8-15(17)16-9-4-6-11-18(16)19/h4-7,9-12,18-19H,3,8,13H2,1-2H3,(H,22,24);3-6,8-11,14,19,22H,2,7,12-13H2,1H3,(H,21,23)/p-2/t19-;14-/m00/s1. The third-order valence-electron chi connectivity index (χ3n) is 9.09. The molecule has 1 N–H and O–H groups in total. The Bertz CT molecular complexity index is 1710. The molecule has 0 radical (unpaired) electrons. The summed E-state index contributed by atoms with van der Waals surface area (Å²) in [4.78, 5) is 19.5. The van der Waals surface area contributed by atoms with Crippen LogP contribution in [0.3, 0.4) is 0 Å². The van der Waals surface area contributed by atoms with Gasteiger partial charge in [0, 0.05) is 25.0 Å². The molecule has 9 heteroatoms. The fraction of sp³-hybridized carbons (Fsp3) is 0.341. The average Bonchev–Trinajstić information content (AvgIpc) is 3.65. The van der Waals surface area contributed by atoms with Gasteiger partial charge in [-0.3, -0.25) is 9.98 Å². The molecular weight excluding hydrogens is 632 g/mol.